The van der Waals surface area contributed by atoms with E-state index in [1.54, 1.807) is 0 Å². The molecular weight excluding hydrogens is 602 g/mol. The van der Waals surface area contributed by atoms with Crippen molar-refractivity contribution in [3.8, 4) is 22.6 Å². The van der Waals surface area contributed by atoms with Gasteiger partial charge in [0.1, 0.15) is 17.3 Å². The minimum absolute atomic E-state index is 0.0213. The van der Waals surface area contributed by atoms with Crippen molar-refractivity contribution in [2.75, 3.05) is 0 Å². The molecule has 2 atom stereocenters. The second-order valence-corrected chi connectivity index (χ2v) is 14.3. The normalized spacial score (nSPS) is 23.2. The molecule has 41 heavy (non-hydrogen) atoms. The number of hydrogen-bond donors (Lipinski definition) is 0. The van der Waals surface area contributed by atoms with Crippen LogP contribution in [0.3, 0.4) is 0 Å². The predicted octanol–water partition coefficient (Wildman–Crippen LogP) is 5.70. The van der Waals surface area contributed by atoms with E-state index in [1.165, 1.54) is 12.1 Å². The number of ketones is 1. The Labute approximate surface area is 231 Å². The van der Waals surface area contributed by atoms with E-state index in [-0.39, 0.29) is 36.0 Å². The fourth-order valence-electron chi connectivity index (χ4n) is 6.96. The van der Waals surface area contributed by atoms with Gasteiger partial charge in [-0.3, -0.25) is 4.79 Å². The molecule has 2 aromatic rings. The topological polar surface area (TPSA) is 104 Å². The van der Waals surface area contributed by atoms with Crippen LogP contribution in [0.5, 0.6) is 11.5 Å². The zero-order chi connectivity index (χ0) is 29.8. The van der Waals surface area contributed by atoms with Crippen LogP contribution in [0.15, 0.2) is 24.3 Å². The summed E-state index contributed by atoms with van der Waals surface area (Å²) in [6, 6.07) is 5.00. The molecule has 2 fully saturated rings. The Kier molecular flexibility index (Phi) is 6.11. The molecule has 222 valence electrons. The van der Waals surface area contributed by atoms with Crippen LogP contribution >= 0.6 is 0 Å². The summed E-state index contributed by atoms with van der Waals surface area (Å²) in [5.74, 6) is -2.06. The molecule has 2 unspecified atom stereocenters. The second kappa shape index (κ2) is 8.85. The fourth-order valence-corrected chi connectivity index (χ4v) is 7.94. The van der Waals surface area contributed by atoms with E-state index in [0.717, 1.165) is 37.8 Å². The van der Waals surface area contributed by atoms with Crippen molar-refractivity contribution in [2.24, 2.45) is 11.3 Å². The maximum absolute atomic E-state index is 13.1. The first kappa shape index (κ1) is 28.3. The predicted molar refractivity (Wildman–Crippen MR) is 131 cm³/mol. The molecule has 2 saturated carbocycles. The number of fused-ring (bicyclic) bond motifs is 4. The summed E-state index contributed by atoms with van der Waals surface area (Å²) in [6.45, 7) is 0. The summed E-state index contributed by atoms with van der Waals surface area (Å²) in [4.78, 5) is 12.3. The lowest BCUT2D eigenvalue weighted by atomic mass is 9.71. The summed E-state index contributed by atoms with van der Waals surface area (Å²) >= 11 is 0. The van der Waals surface area contributed by atoms with Gasteiger partial charge in [0.05, 0.1) is 0 Å². The molecule has 0 aliphatic heterocycles. The smallest absolute Gasteiger partial charge is 0.376 e. The highest BCUT2D eigenvalue weighted by Gasteiger charge is 2.53. The van der Waals surface area contributed by atoms with Gasteiger partial charge in [-0.1, -0.05) is 25.0 Å². The van der Waals surface area contributed by atoms with Crippen molar-refractivity contribution in [1.29, 1.82) is 0 Å². The maximum atomic E-state index is 13.1. The quantitative estimate of drug-likeness (QED) is 0.239. The number of hydrogen-bond acceptors (Lipinski definition) is 7. The Bertz CT molecular complexity index is 1690. The average molecular weight is 625 g/mol. The third kappa shape index (κ3) is 4.41. The number of carbonyl (C=O) groups excluding carboxylic acids is 1. The summed E-state index contributed by atoms with van der Waals surface area (Å²) in [5.41, 5.74) is -9.14. The van der Waals surface area contributed by atoms with Gasteiger partial charge in [0, 0.05) is 29.4 Å². The third-order valence-corrected chi connectivity index (χ3v) is 10.8. The highest BCUT2D eigenvalue weighted by molar-refractivity contribution is 7.88. The average Bonchev–Trinajstić information content (AvgIpc) is 3.54. The first-order valence-corrected chi connectivity index (χ1v) is 15.6. The number of carbonyl (C=O) groups is 1. The molecule has 0 aromatic heterocycles. The monoisotopic (exact) mass is 624 g/mol. The molecule has 0 N–H and O–H groups in total. The summed E-state index contributed by atoms with van der Waals surface area (Å²) in [5, 5.41) is 0. The van der Waals surface area contributed by atoms with E-state index < -0.39 is 54.6 Å². The van der Waals surface area contributed by atoms with Crippen LogP contribution in [0, 0.1) is 11.3 Å². The molecule has 0 saturated heterocycles. The van der Waals surface area contributed by atoms with Gasteiger partial charge in [0.25, 0.3) is 0 Å². The number of alkyl halides is 6. The van der Waals surface area contributed by atoms with E-state index in [4.69, 9.17) is 0 Å². The van der Waals surface area contributed by atoms with Crippen molar-refractivity contribution < 1.29 is 56.3 Å². The van der Waals surface area contributed by atoms with Crippen LogP contribution in [0.25, 0.3) is 11.1 Å². The second-order valence-electron chi connectivity index (χ2n) is 11.2. The molecule has 0 bridgehead atoms. The molecule has 0 radical (unpaired) electrons. The highest BCUT2D eigenvalue weighted by Crippen LogP contribution is 2.58. The minimum atomic E-state index is -5.99. The molecule has 1 spiro atoms. The Hall–Kier alpha value is -2.81. The zero-order valence-corrected chi connectivity index (χ0v) is 22.7. The Morgan fingerprint density at radius 3 is 1.73 bits per heavy atom. The van der Waals surface area contributed by atoms with Gasteiger partial charge in [0.15, 0.2) is 0 Å². The van der Waals surface area contributed by atoms with Crippen molar-refractivity contribution >= 4 is 26.0 Å². The lowest BCUT2D eigenvalue weighted by molar-refractivity contribution is -0.130. The summed E-state index contributed by atoms with van der Waals surface area (Å²) in [7, 11) is -11.9. The molecule has 0 amide bonds. The van der Waals surface area contributed by atoms with Gasteiger partial charge in [-0.15, -0.1) is 0 Å². The fraction of sp³-hybridized carbons (Fsp3) is 0.500. The zero-order valence-electron chi connectivity index (χ0n) is 21.1. The van der Waals surface area contributed by atoms with Gasteiger partial charge in [-0.05, 0) is 71.9 Å². The van der Waals surface area contributed by atoms with E-state index >= 15 is 0 Å². The van der Waals surface area contributed by atoms with Gasteiger partial charge in [-0.25, -0.2) is 0 Å². The van der Waals surface area contributed by atoms with Gasteiger partial charge < -0.3 is 8.37 Å². The molecule has 0 heterocycles. The Morgan fingerprint density at radius 1 is 0.683 bits per heavy atom. The van der Waals surface area contributed by atoms with Crippen molar-refractivity contribution in [2.45, 2.75) is 68.3 Å². The highest BCUT2D eigenvalue weighted by atomic mass is 32.2. The van der Waals surface area contributed by atoms with Crippen LogP contribution in [0.2, 0.25) is 0 Å². The van der Waals surface area contributed by atoms with E-state index in [1.807, 2.05) is 0 Å². The van der Waals surface area contributed by atoms with E-state index in [9.17, 15) is 48.0 Å². The Balaban J connectivity index is 1.50. The van der Waals surface area contributed by atoms with Crippen LogP contribution < -0.4 is 8.37 Å². The van der Waals surface area contributed by atoms with E-state index in [0.29, 0.717) is 34.2 Å². The molecule has 15 heteroatoms. The van der Waals surface area contributed by atoms with Gasteiger partial charge in [-0.2, -0.15) is 43.2 Å². The first-order chi connectivity index (χ1) is 18.9. The molecule has 4 aliphatic rings. The van der Waals surface area contributed by atoms with Crippen LogP contribution in [0.4, 0.5) is 26.3 Å². The van der Waals surface area contributed by atoms with Crippen molar-refractivity contribution in [3.05, 3.63) is 46.5 Å². The third-order valence-electron chi connectivity index (χ3n) is 8.84. The summed E-state index contributed by atoms with van der Waals surface area (Å²) in [6.07, 6.45) is 4.10. The maximum Gasteiger partial charge on any atom is 0.534 e. The lowest BCUT2D eigenvalue weighted by Crippen LogP contribution is -2.32. The molecule has 4 aliphatic carbocycles. The van der Waals surface area contributed by atoms with Gasteiger partial charge >= 0.3 is 31.3 Å². The SMILES string of the molecule is O=C1CC2c3c(-c4ccc(OS(=O)(=O)C(F)(F)F)c5c4CC4(CCCC4)C5)ccc(OS(=O)(=O)C(F)(F)F)c3CC12. The largest absolute Gasteiger partial charge is 0.534 e. The number of rotatable bonds is 5. The molecule has 7 nitrogen and oxygen atoms in total. The molecule has 2 aromatic carbocycles. The summed E-state index contributed by atoms with van der Waals surface area (Å²) < 4.78 is 135. The Morgan fingerprint density at radius 2 is 1.20 bits per heavy atom. The lowest BCUT2D eigenvalue weighted by Gasteiger charge is -2.30. The molecule has 6 rings (SSSR count). The first-order valence-electron chi connectivity index (χ1n) is 12.8. The van der Waals surface area contributed by atoms with Crippen LogP contribution in [-0.2, 0) is 44.3 Å². The van der Waals surface area contributed by atoms with Crippen molar-refractivity contribution in [3.63, 3.8) is 0 Å². The van der Waals surface area contributed by atoms with Crippen molar-refractivity contribution in [1.82, 2.24) is 0 Å². The van der Waals surface area contributed by atoms with Gasteiger partial charge in [0.2, 0.25) is 0 Å². The number of halogens is 6. The number of Topliss-reactive ketones (excluding diaryl/α,β-unsaturated/α-hetero) is 1. The van der Waals surface area contributed by atoms with Crippen LogP contribution in [0.1, 0.15) is 60.3 Å². The standard InChI is InChI=1S/C26H22F6O7S2/c27-25(28,29)40(34,35)38-21-6-4-14(23-16-10-20(33)15(16)9-17(21)23)13-3-5-22(39-41(36,37)26(30,31)32)19-12-24(11-18(13)19)7-1-2-8-24/h3-6,15-16H,1-2,7-12H2. The van der Waals surface area contributed by atoms with Crippen LogP contribution in [-0.4, -0.2) is 33.6 Å². The van der Waals surface area contributed by atoms with E-state index in [2.05, 4.69) is 8.37 Å². The molecular formula is C26H22F6O7S2. The number of benzene rings is 2. The minimum Gasteiger partial charge on any atom is -0.376 e.